The van der Waals surface area contributed by atoms with Gasteiger partial charge in [0.05, 0.1) is 19.8 Å². The van der Waals surface area contributed by atoms with E-state index in [9.17, 15) is 28.9 Å². The number of aliphatic hydroxyl groups excluding tert-OH is 1. The molecule has 3 atom stereocenters. The van der Waals surface area contributed by atoms with Crippen molar-refractivity contribution in [1.29, 1.82) is 0 Å². The highest BCUT2D eigenvalue weighted by atomic mass is 31.2. The molecule has 2 N–H and O–H groups in total. The Morgan fingerprint density at radius 3 is 1.38 bits per heavy atom. The van der Waals surface area contributed by atoms with Crippen LogP contribution in [0.3, 0.4) is 0 Å². The van der Waals surface area contributed by atoms with Crippen LogP contribution in [0.2, 0.25) is 0 Å². The van der Waals surface area contributed by atoms with Crippen LogP contribution < -0.4 is 0 Å². The lowest BCUT2D eigenvalue weighted by Gasteiger charge is -2.21. The average Bonchev–Trinajstić information content (AvgIpc) is 3.20. The van der Waals surface area contributed by atoms with Crippen LogP contribution in [-0.4, -0.2) is 66.5 Å². The Morgan fingerprint density at radius 2 is 0.897 bits per heavy atom. The molecule has 0 saturated heterocycles. The lowest BCUT2D eigenvalue weighted by molar-refractivity contribution is -0.161. The maximum Gasteiger partial charge on any atom is 0.472 e. The number of phosphoric acid groups is 1. The van der Waals surface area contributed by atoms with Crippen molar-refractivity contribution < 1.29 is 52.2 Å². The molecular formula is C46H83O11P. The van der Waals surface area contributed by atoms with Crippen molar-refractivity contribution in [3.05, 3.63) is 36.5 Å². The summed E-state index contributed by atoms with van der Waals surface area (Å²) in [5.74, 6) is -1.50. The van der Waals surface area contributed by atoms with E-state index in [4.69, 9.17) is 23.3 Å². The van der Waals surface area contributed by atoms with Gasteiger partial charge in [-0.2, -0.15) is 0 Å². The SMILES string of the molecule is CC/C=C\C/C=C\C/C=C\CCCCCC(=O)OCC(COP(=O)(O)OCC(CO)OC(=O)CCCCCCCCCCC)OC(=O)CCCCCCCCCCC. The van der Waals surface area contributed by atoms with E-state index >= 15 is 0 Å². The Morgan fingerprint density at radius 1 is 0.500 bits per heavy atom. The summed E-state index contributed by atoms with van der Waals surface area (Å²) >= 11 is 0. The number of allylic oxidation sites excluding steroid dienone is 6. The summed E-state index contributed by atoms with van der Waals surface area (Å²) in [7, 11) is -4.73. The minimum atomic E-state index is -4.73. The first-order valence-corrected chi connectivity index (χ1v) is 24.4. The number of carbonyl (C=O) groups is 3. The molecule has 0 amide bonds. The monoisotopic (exact) mass is 843 g/mol. The van der Waals surface area contributed by atoms with Gasteiger partial charge in [0.15, 0.2) is 6.10 Å². The molecule has 0 heterocycles. The van der Waals surface area contributed by atoms with E-state index in [0.717, 1.165) is 77.0 Å². The van der Waals surface area contributed by atoms with Gasteiger partial charge < -0.3 is 24.2 Å². The summed E-state index contributed by atoms with van der Waals surface area (Å²) in [6.45, 7) is 4.42. The number of rotatable bonds is 42. The van der Waals surface area contributed by atoms with E-state index in [1.807, 2.05) is 0 Å². The fourth-order valence-electron chi connectivity index (χ4n) is 6.07. The molecule has 0 saturated carbocycles. The van der Waals surface area contributed by atoms with Crippen LogP contribution in [-0.2, 0) is 42.2 Å². The van der Waals surface area contributed by atoms with Gasteiger partial charge in [0.1, 0.15) is 12.7 Å². The molecule has 0 fully saturated rings. The molecule has 338 valence electrons. The normalized spacial score (nSPS) is 13.9. The van der Waals surface area contributed by atoms with Crippen LogP contribution in [0.25, 0.3) is 0 Å². The lowest BCUT2D eigenvalue weighted by atomic mass is 10.1. The van der Waals surface area contributed by atoms with Crippen LogP contribution in [0.4, 0.5) is 0 Å². The van der Waals surface area contributed by atoms with Gasteiger partial charge in [-0.25, -0.2) is 4.57 Å². The molecule has 0 aromatic carbocycles. The Bertz CT molecular complexity index is 1120. The Balaban J connectivity index is 4.77. The van der Waals surface area contributed by atoms with E-state index in [0.29, 0.717) is 19.3 Å². The molecule has 0 aliphatic carbocycles. The molecule has 0 aliphatic rings. The summed E-state index contributed by atoms with van der Waals surface area (Å²) < 4.78 is 39.0. The highest BCUT2D eigenvalue weighted by Gasteiger charge is 2.28. The molecule has 0 spiro atoms. The van der Waals surface area contributed by atoms with Gasteiger partial charge in [0, 0.05) is 19.3 Å². The summed E-state index contributed by atoms with van der Waals surface area (Å²) in [6.07, 6.45) is 37.2. The first-order chi connectivity index (χ1) is 28.2. The number of hydrogen-bond acceptors (Lipinski definition) is 10. The maximum absolute atomic E-state index is 12.7. The minimum absolute atomic E-state index is 0.164. The quantitative estimate of drug-likeness (QED) is 0.0198. The second-order valence-corrected chi connectivity index (χ2v) is 16.7. The van der Waals surface area contributed by atoms with Crippen molar-refractivity contribution in [2.75, 3.05) is 26.4 Å². The highest BCUT2D eigenvalue weighted by Crippen LogP contribution is 2.43. The third-order valence-corrected chi connectivity index (χ3v) is 10.5. The van der Waals surface area contributed by atoms with Crippen LogP contribution in [0, 0.1) is 0 Å². The molecule has 12 heteroatoms. The Kier molecular flexibility index (Phi) is 39.8. The lowest BCUT2D eigenvalue weighted by Crippen LogP contribution is -2.30. The van der Waals surface area contributed by atoms with Gasteiger partial charge >= 0.3 is 25.7 Å². The molecule has 0 radical (unpaired) electrons. The predicted octanol–water partition coefficient (Wildman–Crippen LogP) is 12.1. The molecule has 0 bridgehead atoms. The van der Waals surface area contributed by atoms with Gasteiger partial charge in [0.2, 0.25) is 0 Å². The smallest absolute Gasteiger partial charge is 0.462 e. The fraction of sp³-hybridized carbons (Fsp3) is 0.804. The average molecular weight is 843 g/mol. The van der Waals surface area contributed by atoms with Crippen LogP contribution in [0.15, 0.2) is 36.5 Å². The van der Waals surface area contributed by atoms with E-state index in [-0.39, 0.29) is 25.9 Å². The van der Waals surface area contributed by atoms with Crippen LogP contribution >= 0.6 is 7.82 Å². The third kappa shape index (κ3) is 39.2. The van der Waals surface area contributed by atoms with Crippen molar-refractivity contribution in [3.8, 4) is 0 Å². The van der Waals surface area contributed by atoms with Crippen LogP contribution in [0.5, 0.6) is 0 Å². The van der Waals surface area contributed by atoms with Crippen molar-refractivity contribution in [3.63, 3.8) is 0 Å². The number of esters is 3. The largest absolute Gasteiger partial charge is 0.472 e. The van der Waals surface area contributed by atoms with E-state index in [1.165, 1.54) is 64.2 Å². The van der Waals surface area contributed by atoms with Crippen molar-refractivity contribution in [1.82, 2.24) is 0 Å². The molecule has 0 aromatic heterocycles. The number of unbranched alkanes of at least 4 members (excludes halogenated alkanes) is 19. The highest BCUT2D eigenvalue weighted by molar-refractivity contribution is 7.47. The topological polar surface area (TPSA) is 155 Å². The zero-order valence-electron chi connectivity index (χ0n) is 36.8. The number of aliphatic hydroxyl groups is 1. The number of ether oxygens (including phenoxy) is 3. The molecular weight excluding hydrogens is 759 g/mol. The first kappa shape index (κ1) is 55.7. The van der Waals surface area contributed by atoms with Crippen LogP contribution in [0.1, 0.15) is 201 Å². The number of phosphoric ester groups is 1. The second-order valence-electron chi connectivity index (χ2n) is 15.2. The molecule has 0 aliphatic heterocycles. The van der Waals surface area contributed by atoms with Crippen molar-refractivity contribution in [2.45, 2.75) is 213 Å². The summed E-state index contributed by atoms with van der Waals surface area (Å²) in [5.41, 5.74) is 0. The minimum Gasteiger partial charge on any atom is -0.462 e. The molecule has 11 nitrogen and oxygen atoms in total. The molecule has 0 rings (SSSR count). The van der Waals surface area contributed by atoms with E-state index < -0.39 is 57.8 Å². The van der Waals surface area contributed by atoms with Crippen molar-refractivity contribution >= 4 is 25.7 Å². The Hall–Kier alpha value is -2.30. The molecule has 3 unspecified atom stereocenters. The third-order valence-electron chi connectivity index (χ3n) is 9.58. The van der Waals surface area contributed by atoms with Gasteiger partial charge in [-0.3, -0.25) is 23.4 Å². The van der Waals surface area contributed by atoms with E-state index in [1.54, 1.807) is 0 Å². The standard InChI is InChI=1S/C46H83O11P/c1-4-7-10-13-16-19-20-21-22-25-26-29-32-35-44(48)53-39-43(57-46(50)37-34-31-28-24-18-15-12-9-6-3)41-55-58(51,52)54-40-42(38-47)56-45(49)36-33-30-27-23-17-14-11-8-5-2/h7,10,16,19,21-22,42-43,47H,4-6,8-9,11-15,17-18,20,23-41H2,1-3H3,(H,51,52)/b10-7-,19-16-,22-21-. The van der Waals surface area contributed by atoms with Gasteiger partial charge in [-0.05, 0) is 51.4 Å². The Labute approximate surface area is 352 Å². The zero-order chi connectivity index (χ0) is 42.8. The fourth-order valence-corrected chi connectivity index (χ4v) is 6.86. The molecule has 58 heavy (non-hydrogen) atoms. The summed E-state index contributed by atoms with van der Waals surface area (Å²) in [4.78, 5) is 47.9. The van der Waals surface area contributed by atoms with Gasteiger partial charge in [-0.1, -0.05) is 166 Å². The zero-order valence-corrected chi connectivity index (χ0v) is 37.7. The van der Waals surface area contributed by atoms with Crippen molar-refractivity contribution in [2.24, 2.45) is 0 Å². The van der Waals surface area contributed by atoms with Gasteiger partial charge in [-0.15, -0.1) is 0 Å². The maximum atomic E-state index is 12.7. The number of carbonyl (C=O) groups excluding carboxylic acids is 3. The first-order valence-electron chi connectivity index (χ1n) is 22.9. The summed E-state index contributed by atoms with van der Waals surface area (Å²) in [6, 6.07) is 0. The summed E-state index contributed by atoms with van der Waals surface area (Å²) in [5, 5.41) is 9.69. The molecule has 0 aromatic rings. The van der Waals surface area contributed by atoms with Gasteiger partial charge in [0.25, 0.3) is 0 Å². The number of hydrogen-bond donors (Lipinski definition) is 2. The predicted molar refractivity (Wildman–Crippen MR) is 233 cm³/mol. The van der Waals surface area contributed by atoms with E-state index in [2.05, 4.69) is 57.2 Å². The second kappa shape index (κ2) is 41.4.